The molecule has 0 saturated carbocycles. The van der Waals surface area contributed by atoms with Crippen molar-refractivity contribution in [3.05, 3.63) is 26.8 Å². The molecule has 0 fully saturated rings. The van der Waals surface area contributed by atoms with Gasteiger partial charge in [-0.1, -0.05) is 23.1 Å². The average Bonchev–Trinajstić information content (AvgIpc) is 1.80. The van der Waals surface area contributed by atoms with E-state index >= 15 is 0 Å². The summed E-state index contributed by atoms with van der Waals surface area (Å²) in [5.74, 6) is 0. The van der Waals surface area contributed by atoms with Crippen molar-refractivity contribution in [3.8, 4) is 0 Å². The predicted molar refractivity (Wildman–Crippen MR) is 52.3 cm³/mol. The highest BCUT2D eigenvalue weighted by Crippen LogP contribution is 2.07. The molecule has 0 amide bonds. The Labute approximate surface area is 74.1 Å². The molecule has 0 aliphatic heterocycles. The molecule has 0 heterocycles. The zero-order valence-electron chi connectivity index (χ0n) is 4.99. The summed E-state index contributed by atoms with van der Waals surface area (Å²) in [7, 11) is 2.00. The second kappa shape index (κ2) is 2.93. The van der Waals surface area contributed by atoms with Crippen molar-refractivity contribution in [2.45, 2.75) is 0 Å². The van der Waals surface area contributed by atoms with Crippen molar-refractivity contribution in [1.29, 1.82) is 0 Å². The van der Waals surface area contributed by atoms with Gasteiger partial charge in [-0.3, -0.25) is 0 Å². The van der Waals surface area contributed by atoms with Crippen LogP contribution in [0, 0.1) is 3.57 Å². The fourth-order valence-corrected chi connectivity index (χ4v) is 1.37. The summed E-state index contributed by atoms with van der Waals surface area (Å²) in [6.45, 7) is 0. The van der Waals surface area contributed by atoms with Gasteiger partial charge in [-0.05, 0) is 34.7 Å². The topological polar surface area (TPSA) is 0 Å². The highest BCUT2D eigenvalue weighted by Gasteiger charge is 1.92. The Kier molecular flexibility index (Phi) is 2.41. The monoisotopic (exact) mass is 250 g/mol. The average molecular weight is 250 g/mol. The molecule has 0 radical (unpaired) electrons. The summed E-state index contributed by atoms with van der Waals surface area (Å²) in [6, 6.07) is 5.97. The first kappa shape index (κ1) is 7.41. The molecule has 0 aliphatic rings. The molecule has 1 aromatic rings. The minimum Gasteiger partial charge on any atom is -0.0850 e. The van der Waals surface area contributed by atoms with E-state index in [4.69, 9.17) is 11.6 Å². The van der Waals surface area contributed by atoms with Gasteiger partial charge in [-0.2, -0.15) is 0 Å². The van der Waals surface area contributed by atoms with E-state index in [2.05, 4.69) is 28.7 Å². The fraction of sp³-hybridized carbons (Fsp3) is 0. The van der Waals surface area contributed by atoms with Gasteiger partial charge in [0.15, 0.2) is 0 Å². The van der Waals surface area contributed by atoms with Crippen LogP contribution in [0.15, 0.2) is 18.2 Å². The van der Waals surface area contributed by atoms with Gasteiger partial charge in [0, 0.05) is 8.59 Å². The van der Waals surface area contributed by atoms with Crippen molar-refractivity contribution in [2.24, 2.45) is 0 Å². The van der Waals surface area contributed by atoms with Crippen LogP contribution in [0.1, 0.15) is 0 Å². The van der Waals surface area contributed by atoms with E-state index in [1.165, 1.54) is 3.57 Å². The largest absolute Gasteiger partial charge is 0.141 e. The maximum atomic E-state index is 5.78. The molecular formula is C6H5BClI. The van der Waals surface area contributed by atoms with E-state index in [1.54, 1.807) is 0 Å². The first-order valence-corrected chi connectivity index (χ1v) is 4.07. The summed E-state index contributed by atoms with van der Waals surface area (Å²) in [5, 5.41) is 0.843. The Morgan fingerprint density at radius 2 is 2.11 bits per heavy atom. The molecular weight excluding hydrogens is 245 g/mol. The van der Waals surface area contributed by atoms with E-state index in [0.717, 1.165) is 10.5 Å². The molecule has 0 aliphatic carbocycles. The molecule has 0 bridgehead atoms. The molecule has 46 valence electrons. The van der Waals surface area contributed by atoms with Gasteiger partial charge in [0.05, 0.1) is 0 Å². The van der Waals surface area contributed by atoms with Gasteiger partial charge in [0.2, 0.25) is 0 Å². The Hall–Kier alpha value is 0.305. The second-order valence-electron chi connectivity index (χ2n) is 1.89. The van der Waals surface area contributed by atoms with Crippen LogP contribution in [-0.2, 0) is 0 Å². The third-order valence-electron chi connectivity index (χ3n) is 1.12. The quantitative estimate of drug-likeness (QED) is 0.479. The first-order valence-electron chi connectivity index (χ1n) is 2.62. The van der Waals surface area contributed by atoms with E-state index in [0.29, 0.717) is 0 Å². The molecule has 3 heteroatoms. The summed E-state index contributed by atoms with van der Waals surface area (Å²) in [4.78, 5) is 0. The van der Waals surface area contributed by atoms with Crippen LogP contribution in [0.5, 0.6) is 0 Å². The van der Waals surface area contributed by atoms with Gasteiger partial charge in [0.25, 0.3) is 0 Å². The van der Waals surface area contributed by atoms with E-state index in [1.807, 2.05) is 20.0 Å². The normalized spacial score (nSPS) is 9.56. The second-order valence-corrected chi connectivity index (χ2v) is 3.55. The summed E-state index contributed by atoms with van der Waals surface area (Å²) >= 11 is 8.04. The van der Waals surface area contributed by atoms with Gasteiger partial charge >= 0.3 is 0 Å². The molecule has 0 N–H and O–H groups in total. The first-order chi connectivity index (χ1) is 4.20. The molecule has 1 aromatic carbocycles. The zero-order valence-corrected chi connectivity index (χ0v) is 7.90. The number of benzene rings is 1. The van der Waals surface area contributed by atoms with Crippen molar-refractivity contribution < 1.29 is 0 Å². The molecule has 0 spiro atoms. The van der Waals surface area contributed by atoms with Gasteiger partial charge in [-0.15, -0.1) is 0 Å². The van der Waals surface area contributed by atoms with Crippen molar-refractivity contribution in [1.82, 2.24) is 0 Å². The molecule has 0 unspecified atom stereocenters. The molecule has 0 aromatic heterocycles. The summed E-state index contributed by atoms with van der Waals surface area (Å²) in [5.41, 5.74) is 1.14. The molecule has 9 heavy (non-hydrogen) atoms. The number of hydrogen-bond donors (Lipinski definition) is 0. The van der Waals surface area contributed by atoms with Crippen molar-refractivity contribution in [2.75, 3.05) is 0 Å². The third-order valence-corrected chi connectivity index (χ3v) is 2.22. The van der Waals surface area contributed by atoms with E-state index < -0.39 is 0 Å². The maximum Gasteiger partial charge on any atom is 0.141 e. The standard InChI is InChI=1S/C6H5BClI/c7-5-3-4(9)1-2-6(5)8/h1-3H,7H2. The third kappa shape index (κ3) is 1.86. The predicted octanol–water partition coefficient (Wildman–Crippen LogP) is 1.20. The lowest BCUT2D eigenvalue weighted by Crippen LogP contribution is -2.03. The molecule has 0 nitrogen and oxygen atoms in total. The lowest BCUT2D eigenvalue weighted by Gasteiger charge is -1.95. The van der Waals surface area contributed by atoms with Crippen LogP contribution in [0.4, 0.5) is 0 Å². The Morgan fingerprint density at radius 1 is 1.44 bits per heavy atom. The number of hydrogen-bond acceptors (Lipinski definition) is 0. The maximum absolute atomic E-state index is 5.78. The van der Waals surface area contributed by atoms with Crippen LogP contribution < -0.4 is 5.46 Å². The SMILES string of the molecule is Bc1cc(I)ccc1Cl. The Bertz CT molecular complexity index is 224. The van der Waals surface area contributed by atoms with Crippen molar-refractivity contribution in [3.63, 3.8) is 0 Å². The summed E-state index contributed by atoms with van der Waals surface area (Å²) < 4.78 is 1.23. The molecule has 1 rings (SSSR count). The van der Waals surface area contributed by atoms with Gasteiger partial charge < -0.3 is 0 Å². The minimum absolute atomic E-state index is 0.843. The van der Waals surface area contributed by atoms with Crippen LogP contribution in [0.2, 0.25) is 5.02 Å². The van der Waals surface area contributed by atoms with Crippen LogP contribution in [-0.4, -0.2) is 7.85 Å². The smallest absolute Gasteiger partial charge is 0.0850 e. The van der Waals surface area contributed by atoms with Crippen molar-refractivity contribution >= 4 is 47.5 Å². The lowest BCUT2D eigenvalue weighted by molar-refractivity contribution is 1.70. The van der Waals surface area contributed by atoms with E-state index in [9.17, 15) is 0 Å². The highest BCUT2D eigenvalue weighted by atomic mass is 127. The zero-order chi connectivity index (χ0) is 6.85. The fourth-order valence-electron chi connectivity index (χ4n) is 0.608. The highest BCUT2D eigenvalue weighted by molar-refractivity contribution is 14.1. The van der Waals surface area contributed by atoms with E-state index in [-0.39, 0.29) is 0 Å². The Balaban J connectivity index is 3.17. The Morgan fingerprint density at radius 3 is 2.56 bits per heavy atom. The lowest BCUT2D eigenvalue weighted by atomic mass is 9.97. The van der Waals surface area contributed by atoms with Gasteiger partial charge in [-0.25, -0.2) is 0 Å². The summed E-state index contributed by atoms with van der Waals surface area (Å²) in [6.07, 6.45) is 0. The minimum atomic E-state index is 0.843. The van der Waals surface area contributed by atoms with Crippen LogP contribution in [0.25, 0.3) is 0 Å². The molecule has 0 saturated heterocycles. The molecule has 0 atom stereocenters. The number of rotatable bonds is 0. The number of halogens is 2. The van der Waals surface area contributed by atoms with Crippen LogP contribution >= 0.6 is 34.2 Å². The van der Waals surface area contributed by atoms with Crippen LogP contribution in [0.3, 0.4) is 0 Å². The van der Waals surface area contributed by atoms with Gasteiger partial charge in [0.1, 0.15) is 7.85 Å².